The van der Waals surface area contributed by atoms with E-state index in [1.165, 1.54) is 5.56 Å². The number of hydrogen-bond donors (Lipinski definition) is 1. The van der Waals surface area contributed by atoms with Gasteiger partial charge in [0.2, 0.25) is 0 Å². The number of aryl methyl sites for hydroxylation is 1. The van der Waals surface area contributed by atoms with Gasteiger partial charge in [0, 0.05) is 11.0 Å². The van der Waals surface area contributed by atoms with Crippen LogP contribution in [0.3, 0.4) is 0 Å². The first kappa shape index (κ1) is 17.3. The molecule has 3 heterocycles. The van der Waals surface area contributed by atoms with Crippen LogP contribution in [-0.4, -0.2) is 21.8 Å². The number of thiophene rings is 1. The Morgan fingerprint density at radius 1 is 1.31 bits per heavy atom. The standard InChI is InChI=1S/C19H20N4OS2/c1-3-4-10-26-19-21-18(24)15-13-7-5-6-8-14(13)20-17(23(15)22-19)16-12(2)9-11-25-16/h5-9,11,17H,3-4,10H2,1-2H3,(H,21,22,24). The highest BCUT2D eigenvalue weighted by molar-refractivity contribution is 8.13. The van der Waals surface area contributed by atoms with Crippen molar-refractivity contribution < 1.29 is 4.79 Å². The number of benzene rings is 1. The van der Waals surface area contributed by atoms with Crippen LogP contribution < -0.4 is 15.9 Å². The minimum absolute atomic E-state index is 0.111. The lowest BCUT2D eigenvalue weighted by molar-refractivity contribution is -0.116. The molecule has 5 nitrogen and oxygen atoms in total. The summed E-state index contributed by atoms with van der Waals surface area (Å²) in [5.74, 6) is 0.829. The van der Waals surface area contributed by atoms with E-state index in [4.69, 9.17) is 10.1 Å². The first-order chi connectivity index (χ1) is 12.7. The third-order valence-corrected chi connectivity index (χ3v) is 6.40. The number of hydrazone groups is 1. The van der Waals surface area contributed by atoms with E-state index >= 15 is 0 Å². The highest BCUT2D eigenvalue weighted by Crippen LogP contribution is 2.35. The van der Waals surface area contributed by atoms with Gasteiger partial charge in [0.15, 0.2) is 11.3 Å². The van der Waals surface area contributed by atoms with E-state index in [1.807, 2.05) is 24.3 Å². The molecule has 0 fully saturated rings. The predicted molar refractivity (Wildman–Crippen MR) is 107 cm³/mol. The molecule has 1 unspecified atom stereocenters. The number of amides is 1. The lowest BCUT2D eigenvalue weighted by atomic mass is 10.1. The minimum atomic E-state index is -0.298. The number of carbonyl (C=O) groups is 1. The van der Waals surface area contributed by atoms with E-state index in [0.717, 1.165) is 34.0 Å². The molecule has 0 saturated heterocycles. The van der Waals surface area contributed by atoms with Gasteiger partial charge in [0.25, 0.3) is 5.91 Å². The molecule has 1 atom stereocenters. The molecule has 7 heteroatoms. The molecule has 0 spiro atoms. The topological polar surface area (TPSA) is 57.1 Å². The molecule has 1 N–H and O–H groups in total. The molecular weight excluding hydrogens is 364 g/mol. The van der Waals surface area contributed by atoms with E-state index in [1.54, 1.807) is 28.1 Å². The van der Waals surface area contributed by atoms with Crippen molar-refractivity contribution >= 4 is 39.9 Å². The number of fused-ring (bicyclic) bond motifs is 2. The second-order valence-electron chi connectivity index (χ2n) is 6.24. The third-order valence-electron chi connectivity index (χ3n) is 4.39. The number of nitrogens with zero attached hydrogens (tertiary/aromatic N) is 3. The van der Waals surface area contributed by atoms with Crippen molar-refractivity contribution in [3.05, 3.63) is 56.7 Å². The summed E-state index contributed by atoms with van der Waals surface area (Å²) in [6, 6.07) is 9.85. The number of unbranched alkanes of at least 4 members (excludes halogenated alkanes) is 1. The molecule has 2 aliphatic heterocycles. The van der Waals surface area contributed by atoms with Crippen LogP contribution >= 0.6 is 23.1 Å². The summed E-state index contributed by atoms with van der Waals surface area (Å²) in [5, 5.41) is 13.9. The maximum absolute atomic E-state index is 12.9. The van der Waals surface area contributed by atoms with Gasteiger partial charge >= 0.3 is 0 Å². The second-order valence-corrected chi connectivity index (χ2v) is 8.27. The summed E-state index contributed by atoms with van der Waals surface area (Å²) in [4.78, 5) is 18.9. The van der Waals surface area contributed by atoms with Crippen LogP contribution in [0, 0.1) is 6.92 Å². The normalized spacial score (nSPS) is 18.6. The van der Waals surface area contributed by atoms with Crippen LogP contribution in [0.15, 0.2) is 45.8 Å². The van der Waals surface area contributed by atoms with Crippen LogP contribution in [0.2, 0.25) is 0 Å². The second kappa shape index (κ2) is 7.25. The fourth-order valence-corrected chi connectivity index (χ4v) is 4.91. The number of carbonyl (C=O) groups excluding carboxylic acids is 1. The average Bonchev–Trinajstić information content (AvgIpc) is 3.07. The summed E-state index contributed by atoms with van der Waals surface area (Å²) < 4.78 is 0. The first-order valence-corrected chi connectivity index (χ1v) is 10.6. The Balaban J connectivity index is 1.84. The quantitative estimate of drug-likeness (QED) is 0.825. The Hall–Kier alpha value is -2.12. The van der Waals surface area contributed by atoms with E-state index in [-0.39, 0.29) is 12.1 Å². The van der Waals surface area contributed by atoms with Crippen LogP contribution in [-0.2, 0) is 4.79 Å². The number of nitrogens with one attached hydrogen (secondary N) is 1. The first-order valence-electron chi connectivity index (χ1n) is 8.72. The molecule has 1 aromatic carbocycles. The Labute approximate surface area is 160 Å². The summed E-state index contributed by atoms with van der Waals surface area (Å²) in [5.41, 5.74) is 1.75. The maximum atomic E-state index is 12.9. The Morgan fingerprint density at radius 3 is 2.92 bits per heavy atom. The molecule has 4 rings (SSSR count). The molecule has 0 aliphatic carbocycles. The predicted octanol–water partition coefficient (Wildman–Crippen LogP) is 2.73. The zero-order valence-corrected chi connectivity index (χ0v) is 16.4. The van der Waals surface area contributed by atoms with Gasteiger partial charge in [-0.25, -0.2) is 5.01 Å². The monoisotopic (exact) mass is 384 g/mol. The van der Waals surface area contributed by atoms with Gasteiger partial charge in [-0.15, -0.1) is 16.4 Å². The zero-order chi connectivity index (χ0) is 18.1. The van der Waals surface area contributed by atoms with Crippen LogP contribution in [0.25, 0.3) is 5.70 Å². The average molecular weight is 385 g/mol. The van der Waals surface area contributed by atoms with E-state index in [9.17, 15) is 4.79 Å². The molecule has 1 aromatic heterocycles. The fraction of sp³-hybridized carbons (Fsp3) is 0.316. The highest BCUT2D eigenvalue weighted by atomic mass is 32.2. The Kier molecular flexibility index (Phi) is 4.82. The number of para-hydroxylation sites is 1. The van der Waals surface area contributed by atoms with E-state index in [0.29, 0.717) is 10.9 Å². The van der Waals surface area contributed by atoms with Gasteiger partial charge in [0.1, 0.15) is 5.70 Å². The van der Waals surface area contributed by atoms with Crippen molar-refractivity contribution in [2.45, 2.75) is 32.9 Å². The molecule has 0 radical (unpaired) electrons. The van der Waals surface area contributed by atoms with Crippen LogP contribution in [0.4, 0.5) is 0 Å². The largest absolute Gasteiger partial charge is 0.298 e. The maximum Gasteiger partial charge on any atom is 0.276 e. The lowest BCUT2D eigenvalue weighted by Crippen LogP contribution is -2.50. The van der Waals surface area contributed by atoms with Crippen molar-refractivity contribution in [1.29, 1.82) is 0 Å². The van der Waals surface area contributed by atoms with Crippen LogP contribution in [0.1, 0.15) is 36.4 Å². The van der Waals surface area contributed by atoms with Crippen LogP contribution in [0.5, 0.6) is 0 Å². The van der Waals surface area contributed by atoms with Crippen molar-refractivity contribution in [3.63, 3.8) is 0 Å². The van der Waals surface area contributed by atoms with Gasteiger partial charge in [0.05, 0.1) is 10.2 Å². The molecular formula is C19H20N4OS2. The summed E-state index contributed by atoms with van der Waals surface area (Å²) in [7, 11) is 0. The van der Waals surface area contributed by atoms with Crippen molar-refractivity contribution in [2.24, 2.45) is 10.1 Å². The molecule has 1 amide bonds. The molecule has 26 heavy (non-hydrogen) atoms. The van der Waals surface area contributed by atoms with E-state index in [2.05, 4.69) is 30.6 Å². The summed E-state index contributed by atoms with van der Waals surface area (Å²) in [6.07, 6.45) is 1.92. The number of hydrogen-bond acceptors (Lipinski definition) is 6. The fourth-order valence-electron chi connectivity index (χ4n) is 3.03. The van der Waals surface area contributed by atoms with Gasteiger partial charge in [-0.3, -0.25) is 15.1 Å². The number of thioether (sulfide) groups is 1. The molecule has 2 aliphatic rings. The number of rotatable bonds is 4. The molecule has 0 bridgehead atoms. The van der Waals surface area contributed by atoms with Crippen molar-refractivity contribution in [3.8, 4) is 0 Å². The zero-order valence-electron chi connectivity index (χ0n) is 14.7. The van der Waals surface area contributed by atoms with Gasteiger partial charge in [-0.2, -0.15) is 0 Å². The number of amidine groups is 1. The Morgan fingerprint density at radius 2 is 2.15 bits per heavy atom. The summed E-state index contributed by atoms with van der Waals surface area (Å²) in [6.45, 7) is 4.23. The van der Waals surface area contributed by atoms with Gasteiger partial charge < -0.3 is 0 Å². The summed E-state index contributed by atoms with van der Waals surface area (Å²) >= 11 is 3.24. The lowest BCUT2D eigenvalue weighted by Gasteiger charge is -2.33. The highest BCUT2D eigenvalue weighted by Gasteiger charge is 2.35. The Bertz CT molecular complexity index is 995. The van der Waals surface area contributed by atoms with Crippen molar-refractivity contribution in [2.75, 3.05) is 5.75 Å². The van der Waals surface area contributed by atoms with Gasteiger partial charge in [-0.05, 0) is 36.4 Å². The smallest absolute Gasteiger partial charge is 0.276 e. The minimum Gasteiger partial charge on any atom is -0.298 e. The van der Waals surface area contributed by atoms with Gasteiger partial charge in [-0.1, -0.05) is 43.3 Å². The SMILES string of the molecule is CCCCSC1=NN2C(=c3ccccc3=NC2c2sccc2C)C(=O)N1. The third kappa shape index (κ3) is 3.05. The van der Waals surface area contributed by atoms with E-state index < -0.39 is 0 Å². The molecule has 2 aromatic rings. The molecule has 0 saturated carbocycles. The van der Waals surface area contributed by atoms with Crippen molar-refractivity contribution in [1.82, 2.24) is 10.3 Å². The molecule has 134 valence electrons.